The van der Waals surface area contributed by atoms with Gasteiger partial charge in [-0.1, -0.05) is 19.4 Å². The first-order chi connectivity index (χ1) is 14.0. The van der Waals surface area contributed by atoms with Gasteiger partial charge in [-0.2, -0.15) is 0 Å². The molecule has 0 aromatic carbocycles. The van der Waals surface area contributed by atoms with E-state index in [-0.39, 0.29) is 36.2 Å². The Morgan fingerprint density at radius 3 is 2.83 bits per heavy atom. The van der Waals surface area contributed by atoms with E-state index in [0.717, 1.165) is 0 Å². The van der Waals surface area contributed by atoms with E-state index in [1.807, 2.05) is 6.92 Å². The third-order valence-electron chi connectivity index (χ3n) is 7.62. The van der Waals surface area contributed by atoms with Crippen LogP contribution in [0, 0.1) is 34.5 Å². The Labute approximate surface area is 154 Å². The lowest BCUT2D eigenvalue weighted by Crippen LogP contribution is -2.51. The maximum absolute atomic E-state index is 12.7. The fourth-order valence-corrected chi connectivity index (χ4v) is 6.31. The molecule has 1 N–H and O–H groups in total. The summed E-state index contributed by atoms with van der Waals surface area (Å²) in [6.45, 7) is 0.836. The zero-order chi connectivity index (χ0) is 23.4. The molecular weight excluding hydrogens is 300 g/mol. The van der Waals surface area contributed by atoms with Crippen LogP contribution in [-0.4, -0.2) is 23.2 Å². The van der Waals surface area contributed by atoms with Crippen molar-refractivity contribution in [1.82, 2.24) is 0 Å². The van der Waals surface area contributed by atoms with Crippen LogP contribution in [0.2, 0.25) is 0 Å². The topological polar surface area (TPSA) is 54.4 Å². The second-order valence-electron chi connectivity index (χ2n) is 8.51. The van der Waals surface area contributed by atoms with Crippen LogP contribution in [0.5, 0.6) is 0 Å². The number of Topliss-reactive ketones (excluding diaryl/α,β-unsaturated/α-hetero) is 1. The van der Waals surface area contributed by atoms with Gasteiger partial charge in [0, 0.05) is 17.8 Å². The lowest BCUT2D eigenvalue weighted by molar-refractivity contribution is -0.133. The van der Waals surface area contributed by atoms with Crippen molar-refractivity contribution >= 4 is 11.6 Å². The van der Waals surface area contributed by atoms with E-state index in [9.17, 15) is 14.7 Å². The van der Waals surface area contributed by atoms with Crippen molar-refractivity contribution in [2.75, 3.05) is 6.56 Å². The summed E-state index contributed by atoms with van der Waals surface area (Å²) in [7, 11) is 0. The Balaban J connectivity index is 1.77. The average Bonchev–Trinajstić information content (AvgIpc) is 2.94. The molecule has 24 heavy (non-hydrogen) atoms. The molecule has 132 valence electrons. The molecule has 0 radical (unpaired) electrons. The summed E-state index contributed by atoms with van der Waals surface area (Å²) >= 11 is 0. The van der Waals surface area contributed by atoms with Crippen LogP contribution in [0.1, 0.15) is 74.7 Å². The molecule has 3 fully saturated rings. The van der Waals surface area contributed by atoms with Crippen molar-refractivity contribution in [2.24, 2.45) is 34.5 Å². The van der Waals surface area contributed by atoms with Gasteiger partial charge in [-0.15, -0.1) is 0 Å². The van der Waals surface area contributed by atoms with E-state index >= 15 is 0 Å². The number of hydrogen-bond donors (Lipinski definition) is 1. The summed E-state index contributed by atoms with van der Waals surface area (Å²) in [5.41, 5.74) is -1.40. The van der Waals surface area contributed by atoms with Crippen LogP contribution in [0.4, 0.5) is 0 Å². The molecule has 6 atom stereocenters. The molecule has 0 spiro atoms. The van der Waals surface area contributed by atoms with Gasteiger partial charge < -0.3 is 5.11 Å². The van der Waals surface area contributed by atoms with Gasteiger partial charge in [0.15, 0.2) is 11.6 Å². The highest BCUT2D eigenvalue weighted by atomic mass is 16.3. The normalized spacial score (nSPS) is 57.0. The molecule has 0 aromatic heterocycles. The number of hydrogen-bond acceptors (Lipinski definition) is 3. The minimum absolute atomic E-state index is 0.0614. The first-order valence-corrected chi connectivity index (χ1v) is 9.00. The van der Waals surface area contributed by atoms with Crippen LogP contribution in [0.3, 0.4) is 0 Å². The van der Waals surface area contributed by atoms with Crippen LogP contribution in [-0.2, 0) is 9.59 Å². The smallest absolute Gasteiger partial charge is 0.161 e. The van der Waals surface area contributed by atoms with E-state index in [4.69, 9.17) is 9.60 Å². The maximum atomic E-state index is 12.7. The van der Waals surface area contributed by atoms with Crippen molar-refractivity contribution in [2.45, 2.75) is 65.1 Å². The third-order valence-corrected chi connectivity index (χ3v) is 7.62. The SMILES string of the molecule is [2H]C1=C2C([2H])([2H])C[C@H]3[C@@H]4CC[C@H](C(=O)C([2H])([2H])O)[C@@]4(C)CC[C@@H]3[C@@]2(C)CC([2H])([2H])C1=O. The summed E-state index contributed by atoms with van der Waals surface area (Å²) in [4.78, 5) is 25.1. The fourth-order valence-electron chi connectivity index (χ4n) is 6.31. The molecule has 0 unspecified atom stereocenters. The van der Waals surface area contributed by atoms with Gasteiger partial charge in [0.25, 0.3) is 0 Å². The maximum Gasteiger partial charge on any atom is 0.161 e. The molecule has 4 aliphatic rings. The zero-order valence-corrected chi connectivity index (χ0v) is 14.3. The zero-order valence-electron chi connectivity index (χ0n) is 21.3. The van der Waals surface area contributed by atoms with Crippen molar-refractivity contribution in [3.05, 3.63) is 11.6 Å². The molecule has 3 nitrogen and oxygen atoms in total. The molecular formula is C21H30O3. The molecule has 0 aliphatic heterocycles. The second kappa shape index (κ2) is 5.52. The summed E-state index contributed by atoms with van der Waals surface area (Å²) in [6.07, 6.45) is -1.95. The number of carbonyl (C=O) groups excluding carboxylic acids is 2. The monoisotopic (exact) mass is 337 g/mol. The van der Waals surface area contributed by atoms with Crippen LogP contribution < -0.4 is 0 Å². The van der Waals surface area contributed by atoms with Gasteiger partial charge in [-0.05, 0) is 79.5 Å². The van der Waals surface area contributed by atoms with Crippen molar-refractivity contribution in [3.8, 4) is 0 Å². The number of allylic oxidation sites excluding steroid dienone is 1. The Morgan fingerprint density at radius 2 is 2.08 bits per heavy atom. The van der Waals surface area contributed by atoms with Crippen molar-refractivity contribution in [1.29, 1.82) is 0 Å². The largest absolute Gasteiger partial charge is 0.389 e. The van der Waals surface area contributed by atoms with E-state index in [1.54, 1.807) is 6.92 Å². The molecule has 0 saturated heterocycles. The molecule has 4 rings (SSSR count). The Hall–Kier alpha value is -0.960. The van der Waals surface area contributed by atoms with E-state index in [1.165, 1.54) is 0 Å². The predicted octanol–water partition coefficient (Wildman–Crippen LogP) is 3.70. The van der Waals surface area contributed by atoms with Gasteiger partial charge in [0.1, 0.15) is 6.56 Å². The van der Waals surface area contributed by atoms with Gasteiger partial charge in [0.2, 0.25) is 0 Å². The molecule has 0 aromatic rings. The summed E-state index contributed by atoms with van der Waals surface area (Å²) in [6, 6.07) is -0.525. The van der Waals surface area contributed by atoms with Gasteiger partial charge in [-0.3, -0.25) is 9.59 Å². The summed E-state index contributed by atoms with van der Waals surface area (Å²) < 4.78 is 57.2. The Morgan fingerprint density at radius 1 is 1.29 bits per heavy atom. The molecule has 0 amide bonds. The lowest BCUT2D eigenvalue weighted by atomic mass is 9.46. The van der Waals surface area contributed by atoms with Gasteiger partial charge >= 0.3 is 0 Å². The summed E-state index contributed by atoms with van der Waals surface area (Å²) in [5, 5.41) is 9.70. The summed E-state index contributed by atoms with van der Waals surface area (Å²) in [5.74, 6) is -2.74. The Bertz CT molecular complexity index is 877. The first kappa shape index (κ1) is 10.3. The average molecular weight is 338 g/mol. The minimum Gasteiger partial charge on any atom is -0.389 e. The van der Waals surface area contributed by atoms with Crippen LogP contribution in [0.15, 0.2) is 11.6 Å². The van der Waals surface area contributed by atoms with E-state index < -0.39 is 53.7 Å². The fraction of sp³-hybridized carbons (Fsp3) is 0.810. The van der Waals surface area contributed by atoms with Crippen LogP contribution in [0.25, 0.3) is 0 Å². The first-order valence-electron chi connectivity index (χ1n) is 12.5. The lowest BCUT2D eigenvalue weighted by Gasteiger charge is -2.58. The number of fused-ring (bicyclic) bond motifs is 5. The quantitative estimate of drug-likeness (QED) is 0.836. The molecule has 3 heteroatoms. The van der Waals surface area contributed by atoms with Crippen molar-refractivity contribution in [3.63, 3.8) is 0 Å². The standard InChI is InChI=1S/C21H30O3/c1-20-9-7-14(23)11-13(20)3-4-15-16-5-6-18(19(24)12-22)21(16,2)10-8-17(15)20/h11,15-18,22H,3-10,12H2,1-2H3/t15-,16-,17-,18+,20-,21-/m0/s1/i3D2,7D2,11D,12D2. The molecule has 4 aliphatic carbocycles. The van der Waals surface area contributed by atoms with E-state index in [0.29, 0.717) is 25.7 Å². The predicted molar refractivity (Wildman–Crippen MR) is 92.3 cm³/mol. The van der Waals surface area contributed by atoms with E-state index in [2.05, 4.69) is 0 Å². The number of carbonyl (C=O) groups is 2. The highest BCUT2D eigenvalue weighted by molar-refractivity contribution is 5.91. The van der Waals surface area contributed by atoms with Crippen molar-refractivity contribution < 1.29 is 24.3 Å². The molecule has 3 saturated carbocycles. The minimum atomic E-state index is -2.90. The number of aliphatic hydroxyl groups is 1. The second-order valence-corrected chi connectivity index (χ2v) is 8.51. The highest BCUT2D eigenvalue weighted by Crippen LogP contribution is 2.66. The molecule has 0 bridgehead atoms. The van der Waals surface area contributed by atoms with Crippen LogP contribution >= 0.6 is 0 Å². The molecule has 0 heterocycles. The third kappa shape index (κ3) is 2.13. The number of rotatable bonds is 2. The number of ketones is 2. The van der Waals surface area contributed by atoms with Gasteiger partial charge in [0.05, 0.1) is 4.11 Å². The van der Waals surface area contributed by atoms with Gasteiger partial charge in [-0.25, -0.2) is 0 Å². The highest BCUT2D eigenvalue weighted by Gasteiger charge is 2.59. The Kier molecular flexibility index (Phi) is 2.36.